The Kier molecular flexibility index (Phi) is 2.60. The fourth-order valence-electron chi connectivity index (χ4n) is 2.30. The molecule has 0 aromatic heterocycles. The summed E-state index contributed by atoms with van der Waals surface area (Å²) in [5.41, 5.74) is 4.44. The number of benzene rings is 1. The normalized spacial score (nSPS) is 20.1. The molecule has 1 atom stereocenters. The van der Waals surface area contributed by atoms with Crippen LogP contribution in [0.5, 0.6) is 0 Å². The first-order valence-electron chi connectivity index (χ1n) is 5.52. The molecule has 1 heteroatoms. The van der Waals surface area contributed by atoms with Gasteiger partial charge in [0.1, 0.15) is 0 Å². The molecule has 0 amide bonds. The first kappa shape index (κ1) is 9.72. The van der Waals surface area contributed by atoms with Gasteiger partial charge in [0.05, 0.1) is 0 Å². The van der Waals surface area contributed by atoms with E-state index in [-0.39, 0.29) is 0 Å². The number of hydrogen-bond donors (Lipinski definition) is 1. The summed E-state index contributed by atoms with van der Waals surface area (Å²) in [5, 5.41) is 3.63. The zero-order valence-corrected chi connectivity index (χ0v) is 9.30. The van der Waals surface area contributed by atoms with Gasteiger partial charge in [-0.25, -0.2) is 0 Å². The minimum absolute atomic E-state index is 0.575. The quantitative estimate of drug-likeness (QED) is 0.754. The van der Waals surface area contributed by atoms with Crippen LogP contribution in [0.25, 0.3) is 0 Å². The summed E-state index contributed by atoms with van der Waals surface area (Å²) in [7, 11) is 0. The van der Waals surface area contributed by atoms with Crippen molar-refractivity contribution in [2.45, 2.75) is 45.7 Å². The van der Waals surface area contributed by atoms with Gasteiger partial charge in [0.2, 0.25) is 0 Å². The summed E-state index contributed by atoms with van der Waals surface area (Å²) in [6.07, 6.45) is 2.50. The van der Waals surface area contributed by atoms with E-state index in [2.05, 4.69) is 44.3 Å². The molecule has 1 aromatic carbocycles. The van der Waals surface area contributed by atoms with Gasteiger partial charge in [-0.15, -0.1) is 0 Å². The SMILES string of the molecule is Cc1ccc2c(c1)[C@@H](NC(C)C)CC2. The number of nitrogens with one attached hydrogen (secondary N) is 1. The molecule has 1 N–H and O–H groups in total. The van der Waals surface area contributed by atoms with Crippen molar-refractivity contribution in [3.05, 3.63) is 34.9 Å². The lowest BCUT2D eigenvalue weighted by atomic mass is 10.0. The van der Waals surface area contributed by atoms with E-state index in [1.54, 1.807) is 0 Å². The fourth-order valence-corrected chi connectivity index (χ4v) is 2.30. The van der Waals surface area contributed by atoms with Gasteiger partial charge in [0.15, 0.2) is 0 Å². The largest absolute Gasteiger partial charge is 0.308 e. The molecule has 14 heavy (non-hydrogen) atoms. The first-order valence-corrected chi connectivity index (χ1v) is 5.52. The highest BCUT2D eigenvalue weighted by Gasteiger charge is 2.22. The lowest BCUT2D eigenvalue weighted by molar-refractivity contribution is 0.475. The zero-order valence-electron chi connectivity index (χ0n) is 9.30. The monoisotopic (exact) mass is 189 g/mol. The Bertz CT molecular complexity index is 328. The molecule has 0 bridgehead atoms. The highest BCUT2D eigenvalue weighted by molar-refractivity contribution is 5.37. The standard InChI is InChI=1S/C13H19N/c1-9(2)14-13-7-6-11-5-4-10(3)8-12(11)13/h4-5,8-9,13-14H,6-7H2,1-3H3/t13-/m0/s1. The lowest BCUT2D eigenvalue weighted by Gasteiger charge is -2.17. The fraction of sp³-hybridized carbons (Fsp3) is 0.538. The third kappa shape index (κ3) is 1.83. The molecule has 0 fully saturated rings. The summed E-state index contributed by atoms with van der Waals surface area (Å²) in [6.45, 7) is 6.60. The minimum Gasteiger partial charge on any atom is -0.308 e. The van der Waals surface area contributed by atoms with Gasteiger partial charge in [-0.1, -0.05) is 37.6 Å². The number of aryl methyl sites for hydroxylation is 2. The van der Waals surface area contributed by atoms with Crippen molar-refractivity contribution in [1.82, 2.24) is 5.32 Å². The molecule has 2 rings (SSSR count). The van der Waals surface area contributed by atoms with Gasteiger partial charge in [0.25, 0.3) is 0 Å². The predicted octanol–water partition coefficient (Wildman–Crippen LogP) is 2.98. The molecule has 76 valence electrons. The molecule has 1 aromatic rings. The summed E-state index contributed by atoms with van der Waals surface area (Å²) in [4.78, 5) is 0. The molecule has 0 saturated heterocycles. The molecule has 0 unspecified atom stereocenters. The van der Waals surface area contributed by atoms with Gasteiger partial charge in [0, 0.05) is 12.1 Å². The molecule has 0 aliphatic heterocycles. The van der Waals surface area contributed by atoms with Crippen LogP contribution in [0.3, 0.4) is 0 Å². The summed E-state index contributed by atoms with van der Waals surface area (Å²) < 4.78 is 0. The van der Waals surface area contributed by atoms with E-state index in [9.17, 15) is 0 Å². The molecule has 1 aliphatic rings. The predicted molar refractivity (Wildman–Crippen MR) is 60.5 cm³/mol. The molecular weight excluding hydrogens is 170 g/mol. The van der Waals surface area contributed by atoms with Gasteiger partial charge >= 0.3 is 0 Å². The number of fused-ring (bicyclic) bond motifs is 1. The van der Waals surface area contributed by atoms with Crippen LogP contribution in [0.2, 0.25) is 0 Å². The molecule has 0 heterocycles. The van der Waals surface area contributed by atoms with E-state index in [1.165, 1.54) is 29.5 Å². The topological polar surface area (TPSA) is 12.0 Å². The maximum atomic E-state index is 3.63. The average Bonchev–Trinajstić information content (AvgIpc) is 2.47. The lowest BCUT2D eigenvalue weighted by Crippen LogP contribution is -2.26. The Hall–Kier alpha value is -0.820. The van der Waals surface area contributed by atoms with E-state index in [0.29, 0.717) is 12.1 Å². The van der Waals surface area contributed by atoms with E-state index in [1.807, 2.05) is 0 Å². The maximum absolute atomic E-state index is 3.63. The van der Waals surface area contributed by atoms with Crippen molar-refractivity contribution >= 4 is 0 Å². The molecule has 0 spiro atoms. The highest BCUT2D eigenvalue weighted by Crippen LogP contribution is 2.31. The second-order valence-corrected chi connectivity index (χ2v) is 4.61. The molecule has 1 nitrogen and oxygen atoms in total. The smallest absolute Gasteiger partial charge is 0.0328 e. The van der Waals surface area contributed by atoms with Gasteiger partial charge in [-0.3, -0.25) is 0 Å². The Balaban J connectivity index is 2.24. The van der Waals surface area contributed by atoms with Gasteiger partial charge < -0.3 is 5.32 Å². The second kappa shape index (κ2) is 3.74. The van der Waals surface area contributed by atoms with Crippen LogP contribution in [0.4, 0.5) is 0 Å². The number of hydrogen-bond acceptors (Lipinski definition) is 1. The summed E-state index contributed by atoms with van der Waals surface area (Å²) >= 11 is 0. The minimum atomic E-state index is 0.575. The van der Waals surface area contributed by atoms with Crippen LogP contribution in [0.1, 0.15) is 43.0 Å². The number of rotatable bonds is 2. The van der Waals surface area contributed by atoms with Crippen molar-refractivity contribution < 1.29 is 0 Å². The van der Waals surface area contributed by atoms with E-state index >= 15 is 0 Å². The van der Waals surface area contributed by atoms with Crippen LogP contribution < -0.4 is 5.32 Å². The highest BCUT2D eigenvalue weighted by atomic mass is 14.9. The van der Waals surface area contributed by atoms with Crippen molar-refractivity contribution in [1.29, 1.82) is 0 Å². The Morgan fingerprint density at radius 3 is 2.86 bits per heavy atom. The average molecular weight is 189 g/mol. The molecule has 1 aliphatic carbocycles. The zero-order chi connectivity index (χ0) is 10.1. The van der Waals surface area contributed by atoms with E-state index < -0.39 is 0 Å². The first-order chi connectivity index (χ1) is 6.66. The van der Waals surface area contributed by atoms with Crippen LogP contribution in [0, 0.1) is 6.92 Å². The maximum Gasteiger partial charge on any atom is 0.0328 e. The third-order valence-electron chi connectivity index (χ3n) is 2.91. The van der Waals surface area contributed by atoms with Crippen molar-refractivity contribution in [3.8, 4) is 0 Å². The summed E-state index contributed by atoms with van der Waals surface area (Å²) in [5.74, 6) is 0. The molecule has 0 radical (unpaired) electrons. The molecule has 0 saturated carbocycles. The van der Waals surface area contributed by atoms with E-state index in [0.717, 1.165) is 0 Å². The van der Waals surface area contributed by atoms with Gasteiger partial charge in [-0.2, -0.15) is 0 Å². The van der Waals surface area contributed by atoms with Gasteiger partial charge in [-0.05, 0) is 30.9 Å². The Morgan fingerprint density at radius 1 is 1.36 bits per heavy atom. The van der Waals surface area contributed by atoms with Crippen molar-refractivity contribution in [3.63, 3.8) is 0 Å². The Labute approximate surface area is 86.5 Å². The third-order valence-corrected chi connectivity index (χ3v) is 2.91. The van der Waals surface area contributed by atoms with Crippen LogP contribution in [-0.4, -0.2) is 6.04 Å². The van der Waals surface area contributed by atoms with Crippen LogP contribution >= 0.6 is 0 Å². The second-order valence-electron chi connectivity index (χ2n) is 4.61. The van der Waals surface area contributed by atoms with Crippen molar-refractivity contribution in [2.24, 2.45) is 0 Å². The Morgan fingerprint density at radius 2 is 2.14 bits per heavy atom. The summed E-state index contributed by atoms with van der Waals surface area (Å²) in [6, 6.07) is 8.00. The van der Waals surface area contributed by atoms with Crippen LogP contribution in [-0.2, 0) is 6.42 Å². The van der Waals surface area contributed by atoms with Crippen molar-refractivity contribution in [2.75, 3.05) is 0 Å². The van der Waals surface area contributed by atoms with Crippen LogP contribution in [0.15, 0.2) is 18.2 Å². The van der Waals surface area contributed by atoms with E-state index in [4.69, 9.17) is 0 Å². The molecular formula is C13H19N.